The highest BCUT2D eigenvalue weighted by Crippen LogP contribution is 2.27. The summed E-state index contributed by atoms with van der Waals surface area (Å²) in [4.78, 5) is 28.2. The molecule has 32 heavy (non-hydrogen) atoms. The Morgan fingerprint density at radius 3 is 2.59 bits per heavy atom. The number of hydrogen-bond donors (Lipinski definition) is 1. The number of non-ortho nitro benzene ring substituents is 1. The van der Waals surface area contributed by atoms with Crippen LogP contribution in [0.4, 0.5) is 11.6 Å². The molecule has 3 aromatic heterocycles. The molecule has 10 nitrogen and oxygen atoms in total. The molecular weight excluding hydrogens is 430 g/mol. The molecule has 0 aliphatic heterocycles. The summed E-state index contributed by atoms with van der Waals surface area (Å²) in [7, 11) is 0. The van der Waals surface area contributed by atoms with Gasteiger partial charge in [-0.2, -0.15) is 10.1 Å². The zero-order valence-electron chi connectivity index (χ0n) is 16.7. The minimum absolute atomic E-state index is 0.0122. The summed E-state index contributed by atoms with van der Waals surface area (Å²) in [6, 6.07) is 15.7. The van der Waals surface area contributed by atoms with Gasteiger partial charge >= 0.3 is 0 Å². The maximum absolute atomic E-state index is 12.8. The molecule has 158 valence electrons. The lowest BCUT2D eigenvalue weighted by Gasteiger charge is -2.05. The van der Waals surface area contributed by atoms with Crippen molar-refractivity contribution in [3.8, 4) is 16.9 Å². The smallest absolute Gasteiger partial charge is 0.269 e. The van der Waals surface area contributed by atoms with E-state index in [1.165, 1.54) is 29.7 Å². The molecule has 0 fully saturated rings. The van der Waals surface area contributed by atoms with Crippen LogP contribution in [0, 0.1) is 17.0 Å². The van der Waals surface area contributed by atoms with Gasteiger partial charge in [0.1, 0.15) is 0 Å². The lowest BCUT2D eigenvalue weighted by molar-refractivity contribution is -0.384. The molecule has 2 aromatic carbocycles. The third-order valence-electron chi connectivity index (χ3n) is 4.94. The molecule has 0 radical (unpaired) electrons. The lowest BCUT2D eigenvalue weighted by Crippen LogP contribution is -2.14. The summed E-state index contributed by atoms with van der Waals surface area (Å²) < 4.78 is 3.29. The predicted molar refractivity (Wildman–Crippen MR) is 119 cm³/mol. The first-order valence-corrected chi connectivity index (χ1v) is 10.4. The topological polar surface area (TPSA) is 120 Å². The van der Waals surface area contributed by atoms with E-state index in [0.29, 0.717) is 16.2 Å². The van der Waals surface area contributed by atoms with Gasteiger partial charge in [-0.05, 0) is 31.2 Å². The molecule has 5 rings (SSSR count). The van der Waals surface area contributed by atoms with Crippen LogP contribution >= 0.6 is 11.3 Å². The second kappa shape index (κ2) is 7.71. The number of nitrogens with zero attached hydrogens (tertiary/aromatic N) is 6. The van der Waals surface area contributed by atoms with Gasteiger partial charge in [-0.1, -0.05) is 18.2 Å². The predicted octanol–water partition coefficient (Wildman–Crippen LogP) is 4.11. The highest BCUT2D eigenvalue weighted by molar-refractivity contribution is 7.15. The van der Waals surface area contributed by atoms with E-state index in [1.807, 2.05) is 42.6 Å². The second-order valence-electron chi connectivity index (χ2n) is 6.90. The highest BCUT2D eigenvalue weighted by Gasteiger charge is 2.19. The molecule has 1 N–H and O–H groups in total. The van der Waals surface area contributed by atoms with Crippen LogP contribution < -0.4 is 5.32 Å². The Morgan fingerprint density at radius 1 is 1.12 bits per heavy atom. The zero-order valence-corrected chi connectivity index (χ0v) is 17.5. The molecule has 0 aliphatic rings. The number of thiazole rings is 1. The number of aromatic nitrogens is 5. The molecule has 11 heteroatoms. The average Bonchev–Trinajstić information content (AvgIpc) is 3.48. The number of anilines is 1. The van der Waals surface area contributed by atoms with E-state index < -0.39 is 4.92 Å². The first-order valence-electron chi connectivity index (χ1n) is 9.52. The van der Waals surface area contributed by atoms with Crippen LogP contribution in [-0.4, -0.2) is 35.2 Å². The lowest BCUT2D eigenvalue weighted by atomic mass is 10.1. The van der Waals surface area contributed by atoms with Gasteiger partial charge in [0.2, 0.25) is 4.96 Å². The molecule has 0 atom stereocenters. The van der Waals surface area contributed by atoms with Gasteiger partial charge in [-0.3, -0.25) is 20.2 Å². The normalized spacial score (nSPS) is 11.0. The SMILES string of the molecule is Cc1c(C(=O)Nc2nc3scc(-c4ccc([N+](=O)[O-])cc4)n3n2)cnn1-c1ccccc1. The average molecular weight is 445 g/mol. The number of carbonyl (C=O) groups excluding carboxylic acids is 1. The Hall–Kier alpha value is -4.38. The fourth-order valence-electron chi connectivity index (χ4n) is 3.32. The van der Waals surface area contributed by atoms with Crippen LogP contribution in [0.15, 0.2) is 66.2 Å². The molecular formula is C21H15N7O3S. The molecule has 0 aliphatic carbocycles. The summed E-state index contributed by atoms with van der Waals surface area (Å²) in [6.07, 6.45) is 1.51. The number of carbonyl (C=O) groups is 1. The number of hydrogen-bond acceptors (Lipinski definition) is 7. The quantitative estimate of drug-likeness (QED) is 0.321. The summed E-state index contributed by atoms with van der Waals surface area (Å²) in [5, 5.41) is 24.2. The van der Waals surface area contributed by atoms with Gasteiger partial charge in [0, 0.05) is 23.1 Å². The van der Waals surface area contributed by atoms with E-state index in [9.17, 15) is 14.9 Å². The van der Waals surface area contributed by atoms with E-state index in [0.717, 1.165) is 16.9 Å². The number of nitro groups is 1. The van der Waals surface area contributed by atoms with Crippen LogP contribution in [0.3, 0.4) is 0 Å². The fourth-order valence-corrected chi connectivity index (χ4v) is 4.15. The molecule has 3 heterocycles. The van der Waals surface area contributed by atoms with Crippen molar-refractivity contribution in [3.63, 3.8) is 0 Å². The summed E-state index contributed by atoms with van der Waals surface area (Å²) in [5.74, 6) is -0.198. The van der Waals surface area contributed by atoms with Gasteiger partial charge in [0.15, 0.2) is 0 Å². The Morgan fingerprint density at radius 2 is 1.88 bits per heavy atom. The van der Waals surface area contributed by atoms with Crippen molar-refractivity contribution in [2.45, 2.75) is 6.92 Å². The van der Waals surface area contributed by atoms with Gasteiger partial charge in [0.25, 0.3) is 17.5 Å². The molecule has 0 unspecified atom stereocenters. The van der Waals surface area contributed by atoms with Gasteiger partial charge < -0.3 is 0 Å². The first-order chi connectivity index (χ1) is 15.5. The van der Waals surface area contributed by atoms with Crippen LogP contribution in [-0.2, 0) is 0 Å². The molecule has 0 bridgehead atoms. The number of nitro benzene ring substituents is 1. The standard InChI is InChI=1S/C21H15N7O3S/c1-13-17(11-22-26(13)15-5-3-2-4-6-15)19(29)23-20-24-21-27(25-20)18(12-32-21)14-7-9-16(10-8-14)28(30)31/h2-12H,1H3,(H,23,25,29). The third-order valence-corrected chi connectivity index (χ3v) is 5.75. The number of nitrogens with one attached hydrogen (secondary N) is 1. The summed E-state index contributed by atoms with van der Waals surface area (Å²) >= 11 is 1.36. The van der Waals surface area contributed by atoms with Crippen LogP contribution in [0.2, 0.25) is 0 Å². The Bertz CT molecular complexity index is 1450. The molecule has 0 spiro atoms. The minimum atomic E-state index is -0.446. The maximum atomic E-state index is 12.8. The Balaban J connectivity index is 1.40. The highest BCUT2D eigenvalue weighted by atomic mass is 32.1. The summed E-state index contributed by atoms with van der Waals surface area (Å²) in [6.45, 7) is 1.82. The van der Waals surface area contributed by atoms with Crippen molar-refractivity contribution in [1.29, 1.82) is 0 Å². The number of fused-ring (bicyclic) bond motifs is 1. The van der Waals surface area contributed by atoms with Gasteiger partial charge in [0.05, 0.1) is 33.8 Å². The van der Waals surface area contributed by atoms with E-state index in [-0.39, 0.29) is 17.5 Å². The number of rotatable bonds is 5. The molecule has 0 saturated heterocycles. The van der Waals surface area contributed by atoms with E-state index in [4.69, 9.17) is 0 Å². The Labute approximate surface area is 184 Å². The van der Waals surface area contributed by atoms with Crippen molar-refractivity contribution in [2.75, 3.05) is 5.32 Å². The summed E-state index contributed by atoms with van der Waals surface area (Å²) in [5.41, 5.74) is 3.46. The zero-order chi connectivity index (χ0) is 22.2. The van der Waals surface area contributed by atoms with Crippen molar-refractivity contribution < 1.29 is 9.72 Å². The monoisotopic (exact) mass is 445 g/mol. The van der Waals surface area contributed by atoms with E-state index >= 15 is 0 Å². The van der Waals surface area contributed by atoms with Crippen molar-refractivity contribution in [1.82, 2.24) is 24.4 Å². The van der Waals surface area contributed by atoms with Crippen molar-refractivity contribution >= 4 is 33.8 Å². The second-order valence-corrected chi connectivity index (χ2v) is 7.74. The van der Waals surface area contributed by atoms with Gasteiger partial charge in [-0.15, -0.1) is 16.4 Å². The third kappa shape index (κ3) is 3.40. The first kappa shape index (κ1) is 19.6. The Kier molecular flexibility index (Phi) is 4.71. The largest absolute Gasteiger partial charge is 0.289 e. The van der Waals surface area contributed by atoms with E-state index in [1.54, 1.807) is 21.3 Å². The minimum Gasteiger partial charge on any atom is -0.289 e. The molecule has 1 amide bonds. The van der Waals surface area contributed by atoms with Crippen LogP contribution in [0.1, 0.15) is 16.1 Å². The number of benzene rings is 2. The van der Waals surface area contributed by atoms with Crippen LogP contribution in [0.5, 0.6) is 0 Å². The van der Waals surface area contributed by atoms with Gasteiger partial charge in [-0.25, -0.2) is 9.20 Å². The maximum Gasteiger partial charge on any atom is 0.269 e. The molecule has 0 saturated carbocycles. The number of amides is 1. The van der Waals surface area contributed by atoms with Crippen molar-refractivity contribution in [3.05, 3.63) is 87.5 Å². The van der Waals surface area contributed by atoms with Crippen molar-refractivity contribution in [2.24, 2.45) is 0 Å². The fraction of sp³-hybridized carbons (Fsp3) is 0.0476. The van der Waals surface area contributed by atoms with E-state index in [2.05, 4.69) is 20.5 Å². The molecule has 5 aromatic rings. The van der Waals surface area contributed by atoms with Crippen LogP contribution in [0.25, 0.3) is 21.9 Å². The number of para-hydroxylation sites is 1.